The molecule has 0 saturated carbocycles. The Labute approximate surface area is 249 Å². The van der Waals surface area contributed by atoms with Gasteiger partial charge in [0.25, 0.3) is 0 Å². The first-order valence-corrected chi connectivity index (χ1v) is 14.0. The van der Waals surface area contributed by atoms with Gasteiger partial charge in [0.1, 0.15) is 18.0 Å². The van der Waals surface area contributed by atoms with Gasteiger partial charge in [-0.2, -0.15) is 0 Å². The molecule has 0 bridgehead atoms. The fraction of sp³-hybridized carbons (Fsp3) is 0.433. The first-order chi connectivity index (χ1) is 20.5. The Bertz CT molecular complexity index is 1370. The molecule has 1 aliphatic heterocycles. The number of halogens is 2. The van der Waals surface area contributed by atoms with Crippen LogP contribution in [-0.4, -0.2) is 84.4 Å². The number of hydrogen-bond acceptors (Lipinski definition) is 10. The molecule has 13 heteroatoms. The molecule has 11 nitrogen and oxygen atoms in total. The lowest BCUT2D eigenvalue weighted by molar-refractivity contribution is 0.0487. The summed E-state index contributed by atoms with van der Waals surface area (Å²) in [5.74, 6) is -1.63. The monoisotopic (exact) mass is 600 g/mol. The summed E-state index contributed by atoms with van der Waals surface area (Å²) in [6.45, 7) is 8.63. The minimum Gasteiger partial charge on any atom is -0.507 e. The van der Waals surface area contributed by atoms with E-state index in [1.807, 2.05) is 6.07 Å². The number of carbonyl (C=O) groups is 1. The van der Waals surface area contributed by atoms with Crippen LogP contribution in [0.15, 0.2) is 42.5 Å². The molecule has 1 saturated heterocycles. The second-order valence-electron chi connectivity index (χ2n) is 11.1. The average molecular weight is 601 g/mol. The Hall–Kier alpha value is -4.23. The van der Waals surface area contributed by atoms with E-state index in [0.29, 0.717) is 49.5 Å². The number of piperazine rings is 1. The van der Waals surface area contributed by atoms with Crippen LogP contribution in [0.25, 0.3) is 11.3 Å². The van der Waals surface area contributed by atoms with Crippen molar-refractivity contribution in [2.45, 2.75) is 32.9 Å². The van der Waals surface area contributed by atoms with Crippen LogP contribution in [0.1, 0.15) is 26.3 Å². The number of phenolic OH excluding ortho intramolecular Hbond substituents is 1. The summed E-state index contributed by atoms with van der Waals surface area (Å²) >= 11 is 0. The van der Waals surface area contributed by atoms with Crippen LogP contribution in [0.4, 0.5) is 25.1 Å². The van der Waals surface area contributed by atoms with Crippen molar-refractivity contribution in [1.82, 2.24) is 20.4 Å². The molecule has 2 aromatic carbocycles. The van der Waals surface area contributed by atoms with Crippen molar-refractivity contribution in [2.75, 3.05) is 63.2 Å². The Morgan fingerprint density at radius 3 is 2.40 bits per heavy atom. The zero-order valence-corrected chi connectivity index (χ0v) is 24.6. The van der Waals surface area contributed by atoms with Crippen molar-refractivity contribution >= 4 is 17.6 Å². The van der Waals surface area contributed by atoms with Gasteiger partial charge >= 0.3 is 6.09 Å². The Kier molecular flexibility index (Phi) is 10.5. The molecule has 43 heavy (non-hydrogen) atoms. The van der Waals surface area contributed by atoms with Gasteiger partial charge in [-0.3, -0.25) is 4.90 Å². The topological polar surface area (TPSA) is 135 Å². The molecule has 1 fully saturated rings. The van der Waals surface area contributed by atoms with E-state index in [2.05, 4.69) is 25.3 Å². The third kappa shape index (κ3) is 9.13. The summed E-state index contributed by atoms with van der Waals surface area (Å²) in [5, 5.41) is 21.0. The van der Waals surface area contributed by atoms with Crippen molar-refractivity contribution in [1.29, 1.82) is 0 Å². The SMILES string of the molecule is CC(C)(C)OC(=O)NCCOCCOc1c(F)cc(CN2CCN(c3cc(-c4ccccc4O)nnc3N)CC2)cc1F. The molecule has 4 N–H and O–H groups in total. The number of para-hydroxylation sites is 1. The normalized spacial score (nSPS) is 14.0. The summed E-state index contributed by atoms with van der Waals surface area (Å²) in [7, 11) is 0. The van der Waals surface area contributed by atoms with E-state index in [1.54, 1.807) is 45.0 Å². The number of benzene rings is 2. The number of hydrogen-bond donors (Lipinski definition) is 3. The largest absolute Gasteiger partial charge is 0.507 e. The summed E-state index contributed by atoms with van der Waals surface area (Å²) in [6.07, 6.45) is -0.548. The smallest absolute Gasteiger partial charge is 0.407 e. The van der Waals surface area contributed by atoms with Gasteiger partial charge in [-0.1, -0.05) is 12.1 Å². The standard InChI is InChI=1S/C30H38F2N6O5/c1-30(2,3)43-29(40)34-8-13-41-14-15-42-27-22(31)16-20(17-23(27)32)19-37-9-11-38(12-10-37)25-18-24(35-36-28(25)33)21-6-4-5-7-26(21)39/h4-7,16-18,39H,8-15,19H2,1-3H3,(H2,33,36)(H,34,40). The van der Waals surface area contributed by atoms with Gasteiger partial charge < -0.3 is 35.3 Å². The zero-order chi connectivity index (χ0) is 31.0. The van der Waals surface area contributed by atoms with Crippen molar-refractivity contribution in [3.8, 4) is 22.8 Å². The van der Waals surface area contributed by atoms with Gasteiger partial charge in [-0.15, -0.1) is 10.2 Å². The summed E-state index contributed by atoms with van der Waals surface area (Å²) in [6, 6.07) is 11.2. The summed E-state index contributed by atoms with van der Waals surface area (Å²) < 4.78 is 45.2. The fourth-order valence-electron chi connectivity index (χ4n) is 4.56. The molecule has 0 unspecified atom stereocenters. The van der Waals surface area contributed by atoms with Crippen molar-refractivity contribution < 1.29 is 32.9 Å². The van der Waals surface area contributed by atoms with E-state index in [9.17, 15) is 18.7 Å². The minimum atomic E-state index is -0.785. The molecule has 2 heterocycles. The number of nitrogens with zero attached hydrogens (tertiary/aromatic N) is 4. The lowest BCUT2D eigenvalue weighted by atomic mass is 10.1. The van der Waals surface area contributed by atoms with Crippen LogP contribution in [0.5, 0.6) is 11.5 Å². The van der Waals surface area contributed by atoms with Crippen molar-refractivity contribution in [3.05, 3.63) is 59.7 Å². The lowest BCUT2D eigenvalue weighted by Gasteiger charge is -2.36. The molecule has 3 aromatic rings. The maximum absolute atomic E-state index is 14.7. The number of carbonyl (C=O) groups excluding carboxylic acids is 1. The number of nitrogens with one attached hydrogen (secondary N) is 1. The van der Waals surface area contributed by atoms with Crippen LogP contribution < -0.4 is 20.7 Å². The summed E-state index contributed by atoms with van der Waals surface area (Å²) in [4.78, 5) is 15.8. The van der Waals surface area contributed by atoms with Crippen LogP contribution >= 0.6 is 0 Å². The number of nitrogens with two attached hydrogens (primary N) is 1. The molecule has 4 rings (SSSR count). The van der Waals surface area contributed by atoms with E-state index >= 15 is 0 Å². The second-order valence-corrected chi connectivity index (χ2v) is 11.1. The highest BCUT2D eigenvalue weighted by Gasteiger charge is 2.22. The van der Waals surface area contributed by atoms with Gasteiger partial charge in [0.2, 0.25) is 0 Å². The number of amides is 1. The van der Waals surface area contributed by atoms with Crippen LogP contribution in [-0.2, 0) is 16.0 Å². The summed E-state index contributed by atoms with van der Waals surface area (Å²) in [5.41, 5.74) is 7.82. The Balaban J connectivity index is 1.23. The van der Waals surface area contributed by atoms with E-state index in [-0.39, 0.29) is 37.9 Å². The third-order valence-electron chi connectivity index (χ3n) is 6.55. The molecule has 1 aromatic heterocycles. The number of alkyl carbamates (subject to hydrolysis) is 1. The number of anilines is 2. The Morgan fingerprint density at radius 2 is 1.72 bits per heavy atom. The highest BCUT2D eigenvalue weighted by molar-refractivity contribution is 5.74. The lowest BCUT2D eigenvalue weighted by Crippen LogP contribution is -2.46. The Morgan fingerprint density at radius 1 is 1.02 bits per heavy atom. The molecule has 0 atom stereocenters. The zero-order valence-electron chi connectivity index (χ0n) is 24.6. The number of phenols is 1. The molecule has 1 aliphatic rings. The first-order valence-electron chi connectivity index (χ1n) is 14.0. The van der Waals surface area contributed by atoms with Gasteiger partial charge in [-0.05, 0) is 56.7 Å². The molecule has 0 aliphatic carbocycles. The molecular weight excluding hydrogens is 562 g/mol. The van der Waals surface area contributed by atoms with Crippen molar-refractivity contribution in [2.24, 2.45) is 0 Å². The van der Waals surface area contributed by atoms with E-state index < -0.39 is 29.1 Å². The van der Waals surface area contributed by atoms with Crippen LogP contribution in [0, 0.1) is 11.6 Å². The molecular formula is C30H38F2N6O5. The second kappa shape index (κ2) is 14.3. The highest BCUT2D eigenvalue weighted by Crippen LogP contribution is 2.32. The predicted molar refractivity (Wildman–Crippen MR) is 158 cm³/mol. The molecule has 0 radical (unpaired) electrons. The van der Waals surface area contributed by atoms with E-state index in [0.717, 1.165) is 5.69 Å². The van der Waals surface area contributed by atoms with Crippen LogP contribution in [0.3, 0.4) is 0 Å². The molecule has 0 spiro atoms. The number of rotatable bonds is 11. The van der Waals surface area contributed by atoms with Gasteiger partial charge in [-0.25, -0.2) is 13.6 Å². The quantitative estimate of drug-likeness (QED) is 0.278. The minimum absolute atomic E-state index is 0.0554. The van der Waals surface area contributed by atoms with Crippen LogP contribution in [0.2, 0.25) is 0 Å². The predicted octanol–water partition coefficient (Wildman–Crippen LogP) is 3.95. The molecule has 1 amide bonds. The average Bonchev–Trinajstić information content (AvgIpc) is 2.94. The first kappa shape index (κ1) is 31.7. The van der Waals surface area contributed by atoms with Crippen molar-refractivity contribution in [3.63, 3.8) is 0 Å². The maximum atomic E-state index is 14.7. The van der Waals surface area contributed by atoms with E-state index in [1.165, 1.54) is 12.1 Å². The maximum Gasteiger partial charge on any atom is 0.407 e. The van der Waals surface area contributed by atoms with Gasteiger partial charge in [0, 0.05) is 44.8 Å². The third-order valence-corrected chi connectivity index (χ3v) is 6.55. The highest BCUT2D eigenvalue weighted by atomic mass is 19.1. The van der Waals surface area contributed by atoms with Gasteiger partial charge in [0.05, 0.1) is 24.6 Å². The molecule has 232 valence electrons. The number of aromatic hydroxyl groups is 1. The number of aromatic nitrogens is 2. The fourth-order valence-corrected chi connectivity index (χ4v) is 4.56. The van der Waals surface area contributed by atoms with Gasteiger partial charge in [0.15, 0.2) is 23.2 Å². The number of ether oxygens (including phenoxy) is 3. The van der Waals surface area contributed by atoms with E-state index in [4.69, 9.17) is 19.9 Å². The number of nitrogen functional groups attached to an aromatic ring is 1.